The van der Waals surface area contributed by atoms with E-state index in [0.717, 1.165) is 23.2 Å². The van der Waals surface area contributed by atoms with Crippen molar-refractivity contribution in [1.82, 2.24) is 4.98 Å². The molecule has 0 spiro atoms. The van der Waals surface area contributed by atoms with Crippen molar-refractivity contribution < 1.29 is 8.78 Å². The molecule has 16 heavy (non-hydrogen) atoms. The average Bonchev–Trinajstić information content (AvgIpc) is 2.71. The Bertz CT molecular complexity index is 498. The molecule has 0 bridgehead atoms. The molecule has 0 unspecified atom stereocenters. The van der Waals surface area contributed by atoms with Crippen molar-refractivity contribution in [2.75, 3.05) is 5.88 Å². The van der Waals surface area contributed by atoms with E-state index in [1.54, 1.807) is 5.38 Å². The molecule has 0 aliphatic rings. The summed E-state index contributed by atoms with van der Waals surface area (Å²) in [6.45, 7) is 0. The number of hydrogen-bond acceptors (Lipinski definition) is 2. The molecule has 1 aromatic heterocycles. The Morgan fingerprint density at radius 3 is 2.88 bits per heavy atom. The molecule has 0 amide bonds. The van der Waals surface area contributed by atoms with Crippen LogP contribution in [0.1, 0.15) is 5.01 Å². The quantitative estimate of drug-likeness (QED) is 0.763. The summed E-state index contributed by atoms with van der Waals surface area (Å²) < 4.78 is 26.4. The minimum absolute atomic E-state index is 0.192. The van der Waals surface area contributed by atoms with E-state index >= 15 is 0 Å². The van der Waals surface area contributed by atoms with Crippen molar-refractivity contribution in [1.29, 1.82) is 0 Å². The molecule has 0 saturated carbocycles. The third-order valence-electron chi connectivity index (χ3n) is 2.06. The molecule has 1 aromatic carbocycles. The highest BCUT2D eigenvalue weighted by Gasteiger charge is 2.10. The van der Waals surface area contributed by atoms with Gasteiger partial charge in [0.25, 0.3) is 0 Å². The molecule has 0 N–H and O–H groups in total. The number of benzene rings is 1. The first-order valence-corrected chi connectivity index (χ1v) is 6.08. The maximum atomic E-state index is 13.4. The lowest BCUT2D eigenvalue weighted by atomic mass is 10.1. The van der Waals surface area contributed by atoms with Crippen molar-refractivity contribution in [2.24, 2.45) is 0 Å². The van der Waals surface area contributed by atoms with Crippen molar-refractivity contribution >= 4 is 22.9 Å². The maximum absolute atomic E-state index is 13.4. The predicted octanol–water partition coefficient (Wildman–Crippen LogP) is 3.87. The summed E-state index contributed by atoms with van der Waals surface area (Å²) in [7, 11) is 0. The number of alkyl halides is 1. The number of aromatic nitrogens is 1. The Morgan fingerprint density at radius 2 is 2.12 bits per heavy atom. The first-order chi connectivity index (χ1) is 7.70. The molecule has 84 valence electrons. The topological polar surface area (TPSA) is 12.9 Å². The monoisotopic (exact) mass is 259 g/mol. The number of aryl methyl sites for hydroxylation is 1. The lowest BCUT2D eigenvalue weighted by Crippen LogP contribution is -1.88. The Hall–Kier alpha value is -1.00. The standard InChI is InChI=1S/C11H8ClF2NS/c12-4-3-11-15-10(6-16-11)8-5-7(13)1-2-9(8)14/h1-2,5-6H,3-4H2. The van der Waals surface area contributed by atoms with E-state index in [-0.39, 0.29) is 5.56 Å². The first-order valence-electron chi connectivity index (χ1n) is 4.66. The molecule has 0 aliphatic carbocycles. The lowest BCUT2D eigenvalue weighted by molar-refractivity contribution is 0.602. The molecular formula is C11H8ClF2NS. The second kappa shape index (κ2) is 4.89. The summed E-state index contributed by atoms with van der Waals surface area (Å²) in [6, 6.07) is 3.34. The van der Waals surface area contributed by atoms with Crippen LogP contribution in [0.15, 0.2) is 23.6 Å². The second-order valence-corrected chi connectivity index (χ2v) is 4.51. The molecule has 0 fully saturated rings. The molecule has 1 heterocycles. The average molecular weight is 260 g/mol. The summed E-state index contributed by atoms with van der Waals surface area (Å²) in [5.74, 6) is -0.467. The smallest absolute Gasteiger partial charge is 0.132 e. The van der Waals surface area contributed by atoms with Gasteiger partial charge in [0.15, 0.2) is 0 Å². The molecule has 0 radical (unpaired) electrons. The molecule has 0 saturated heterocycles. The fourth-order valence-electron chi connectivity index (χ4n) is 1.32. The minimum atomic E-state index is -0.469. The van der Waals surface area contributed by atoms with E-state index in [1.165, 1.54) is 11.3 Å². The van der Waals surface area contributed by atoms with Crippen LogP contribution in [-0.2, 0) is 6.42 Å². The molecule has 5 heteroatoms. The van der Waals surface area contributed by atoms with Gasteiger partial charge >= 0.3 is 0 Å². The summed E-state index contributed by atoms with van der Waals surface area (Å²) >= 11 is 6.98. The summed E-state index contributed by atoms with van der Waals surface area (Å²) in [6.07, 6.45) is 0.642. The predicted molar refractivity (Wildman–Crippen MR) is 61.9 cm³/mol. The van der Waals surface area contributed by atoms with Crippen LogP contribution in [0.5, 0.6) is 0 Å². The van der Waals surface area contributed by atoms with Gasteiger partial charge in [0.2, 0.25) is 0 Å². The van der Waals surface area contributed by atoms with Gasteiger partial charge in [-0.25, -0.2) is 13.8 Å². The third kappa shape index (κ3) is 2.39. The fraction of sp³-hybridized carbons (Fsp3) is 0.182. The normalized spacial score (nSPS) is 10.7. The van der Waals surface area contributed by atoms with E-state index in [1.807, 2.05) is 0 Å². The summed E-state index contributed by atoms with van der Waals surface area (Å²) in [4.78, 5) is 4.20. The number of thiazole rings is 1. The van der Waals surface area contributed by atoms with Crippen LogP contribution in [-0.4, -0.2) is 10.9 Å². The summed E-state index contributed by atoms with van der Waals surface area (Å²) in [5, 5.41) is 2.54. The zero-order valence-corrected chi connectivity index (χ0v) is 9.79. The highest BCUT2D eigenvalue weighted by atomic mass is 35.5. The number of nitrogens with zero attached hydrogens (tertiary/aromatic N) is 1. The molecule has 2 rings (SSSR count). The van der Waals surface area contributed by atoms with Crippen LogP contribution in [0.4, 0.5) is 8.78 Å². The number of halogens is 3. The van der Waals surface area contributed by atoms with Crippen molar-refractivity contribution in [3.05, 3.63) is 40.2 Å². The second-order valence-electron chi connectivity index (χ2n) is 3.19. The van der Waals surface area contributed by atoms with Gasteiger partial charge in [-0.05, 0) is 18.2 Å². The van der Waals surface area contributed by atoms with Gasteiger partial charge in [0, 0.05) is 23.2 Å². The van der Waals surface area contributed by atoms with Crippen molar-refractivity contribution in [3.63, 3.8) is 0 Å². The van der Waals surface area contributed by atoms with Crippen LogP contribution >= 0.6 is 22.9 Å². The van der Waals surface area contributed by atoms with Crippen LogP contribution in [0.2, 0.25) is 0 Å². The van der Waals surface area contributed by atoms with Gasteiger partial charge in [-0.15, -0.1) is 22.9 Å². The highest BCUT2D eigenvalue weighted by Crippen LogP contribution is 2.25. The SMILES string of the molecule is Fc1ccc(F)c(-c2csc(CCCl)n2)c1. The largest absolute Gasteiger partial charge is 0.241 e. The number of rotatable bonds is 3. The van der Waals surface area contributed by atoms with E-state index in [4.69, 9.17) is 11.6 Å². The van der Waals surface area contributed by atoms with E-state index in [2.05, 4.69) is 4.98 Å². The van der Waals surface area contributed by atoms with E-state index in [9.17, 15) is 8.78 Å². The molecular weight excluding hydrogens is 252 g/mol. The van der Waals surface area contributed by atoms with Gasteiger partial charge in [-0.2, -0.15) is 0 Å². The van der Waals surface area contributed by atoms with Gasteiger partial charge in [0.1, 0.15) is 11.6 Å². The van der Waals surface area contributed by atoms with E-state index < -0.39 is 11.6 Å². The number of hydrogen-bond donors (Lipinski definition) is 0. The molecule has 2 aromatic rings. The Kier molecular flexibility index (Phi) is 3.51. The minimum Gasteiger partial charge on any atom is -0.241 e. The maximum Gasteiger partial charge on any atom is 0.132 e. The third-order valence-corrected chi connectivity index (χ3v) is 3.16. The van der Waals surface area contributed by atoms with Crippen molar-refractivity contribution in [3.8, 4) is 11.3 Å². The Labute approximate surface area is 101 Å². The van der Waals surface area contributed by atoms with Gasteiger partial charge < -0.3 is 0 Å². The van der Waals surface area contributed by atoms with Crippen LogP contribution < -0.4 is 0 Å². The molecule has 1 nitrogen and oxygen atoms in total. The van der Waals surface area contributed by atoms with E-state index in [0.29, 0.717) is 18.0 Å². The van der Waals surface area contributed by atoms with Gasteiger partial charge in [-0.3, -0.25) is 0 Å². The molecule has 0 aliphatic heterocycles. The molecule has 0 atom stereocenters. The fourth-order valence-corrected chi connectivity index (χ4v) is 2.41. The zero-order chi connectivity index (χ0) is 11.5. The zero-order valence-electron chi connectivity index (χ0n) is 8.21. The van der Waals surface area contributed by atoms with Crippen molar-refractivity contribution in [2.45, 2.75) is 6.42 Å². The summed E-state index contributed by atoms with van der Waals surface area (Å²) in [5.41, 5.74) is 0.652. The van der Waals surface area contributed by atoms with Gasteiger partial charge in [-0.1, -0.05) is 0 Å². The van der Waals surface area contributed by atoms with Crippen LogP contribution in [0, 0.1) is 11.6 Å². The first kappa shape index (κ1) is 11.5. The Balaban J connectivity index is 2.38. The lowest BCUT2D eigenvalue weighted by Gasteiger charge is -1.98. The van der Waals surface area contributed by atoms with Crippen LogP contribution in [0.3, 0.4) is 0 Å². The highest BCUT2D eigenvalue weighted by molar-refractivity contribution is 7.10. The Morgan fingerprint density at radius 1 is 1.31 bits per heavy atom. The van der Waals surface area contributed by atoms with Crippen LogP contribution in [0.25, 0.3) is 11.3 Å². The van der Waals surface area contributed by atoms with Gasteiger partial charge in [0.05, 0.1) is 10.7 Å².